The number of methoxy groups -OCH3 is 1. The summed E-state index contributed by atoms with van der Waals surface area (Å²) in [6.45, 7) is 9.58. The van der Waals surface area contributed by atoms with Gasteiger partial charge in [0, 0.05) is 18.1 Å². The van der Waals surface area contributed by atoms with Crippen molar-refractivity contribution in [2.24, 2.45) is 5.92 Å². The Bertz CT molecular complexity index is 955. The van der Waals surface area contributed by atoms with Crippen LogP contribution in [0.2, 0.25) is 0 Å². The molecule has 2 fully saturated rings. The Labute approximate surface area is 215 Å². The van der Waals surface area contributed by atoms with E-state index in [0.717, 1.165) is 44.1 Å². The fraction of sp³-hybridized carbons (Fsp3) is 0.679. The summed E-state index contributed by atoms with van der Waals surface area (Å²) in [5.74, 6) is 0.398. The number of benzene rings is 1. The highest BCUT2D eigenvalue weighted by Gasteiger charge is 2.29. The molecule has 0 aliphatic heterocycles. The van der Waals surface area contributed by atoms with Gasteiger partial charge in [0.25, 0.3) is 11.8 Å². The van der Waals surface area contributed by atoms with Crippen LogP contribution in [0.4, 0.5) is 4.79 Å². The maximum absolute atomic E-state index is 13.3. The average Bonchev–Trinajstić information content (AvgIpc) is 2.77. The van der Waals surface area contributed by atoms with Gasteiger partial charge in [-0.1, -0.05) is 19.8 Å². The molecule has 0 radical (unpaired) electrons. The van der Waals surface area contributed by atoms with Crippen LogP contribution in [0.3, 0.4) is 0 Å². The fourth-order valence-corrected chi connectivity index (χ4v) is 5.35. The van der Waals surface area contributed by atoms with Gasteiger partial charge >= 0.3 is 6.09 Å². The predicted molar refractivity (Wildman–Crippen MR) is 139 cm³/mol. The summed E-state index contributed by atoms with van der Waals surface area (Å²) in [6, 6.07) is 3.50. The minimum atomic E-state index is -0.562. The average molecular weight is 502 g/mol. The molecule has 36 heavy (non-hydrogen) atoms. The zero-order valence-electron chi connectivity index (χ0n) is 22.7. The van der Waals surface area contributed by atoms with E-state index in [1.807, 2.05) is 27.7 Å². The molecule has 1 aromatic carbocycles. The van der Waals surface area contributed by atoms with Crippen molar-refractivity contribution in [2.75, 3.05) is 7.11 Å². The van der Waals surface area contributed by atoms with Gasteiger partial charge in [-0.25, -0.2) is 4.79 Å². The van der Waals surface area contributed by atoms with E-state index in [2.05, 4.69) is 22.9 Å². The van der Waals surface area contributed by atoms with Gasteiger partial charge in [-0.15, -0.1) is 0 Å². The zero-order chi connectivity index (χ0) is 26.5. The maximum Gasteiger partial charge on any atom is 0.407 e. The number of aryl methyl sites for hydroxylation is 1. The number of carbonyl (C=O) groups is 3. The van der Waals surface area contributed by atoms with Crippen molar-refractivity contribution in [2.45, 2.75) is 110 Å². The first-order chi connectivity index (χ1) is 16.9. The summed E-state index contributed by atoms with van der Waals surface area (Å²) in [5.41, 5.74) is 0.986. The SMILES string of the molecule is COc1c(C(=O)N[C@@H]2CCC[C@H](NC(=O)OC(C)(C)C)C2)cc(C)cc1C(=O)N[C@H]1CCC[C@@H](C)C1. The van der Waals surface area contributed by atoms with Gasteiger partial charge in [0.2, 0.25) is 0 Å². The summed E-state index contributed by atoms with van der Waals surface area (Å²) in [6.07, 6.45) is 6.95. The molecule has 2 saturated carbocycles. The standard InChI is InChI=1S/C28H43N3O5/c1-17-9-7-10-19(13-17)29-25(32)22-14-18(2)15-23(24(22)35-6)26(33)30-20-11-8-12-21(16-20)31-27(34)36-28(3,4)5/h14-15,17,19-21H,7-13,16H2,1-6H3,(H,29,32)(H,30,33)(H,31,34)/t17-,19+,20-,21+/m1/s1. The van der Waals surface area contributed by atoms with Gasteiger partial charge < -0.3 is 25.4 Å². The first-order valence-corrected chi connectivity index (χ1v) is 13.2. The Morgan fingerprint density at radius 2 is 1.33 bits per heavy atom. The van der Waals surface area contributed by atoms with E-state index in [-0.39, 0.29) is 29.9 Å². The molecule has 1 aromatic rings. The molecular weight excluding hydrogens is 458 g/mol. The number of amides is 3. The number of carbonyl (C=O) groups excluding carboxylic acids is 3. The van der Waals surface area contributed by atoms with E-state index < -0.39 is 11.7 Å². The summed E-state index contributed by atoms with van der Waals surface area (Å²) in [5, 5.41) is 9.18. The third-order valence-electron chi connectivity index (χ3n) is 6.93. The fourth-order valence-electron chi connectivity index (χ4n) is 5.35. The van der Waals surface area contributed by atoms with Crippen LogP contribution in [-0.4, -0.2) is 48.7 Å². The molecular formula is C28H43N3O5. The number of nitrogens with one attached hydrogen (secondary N) is 3. The van der Waals surface area contributed by atoms with Gasteiger partial charge in [0.1, 0.15) is 11.4 Å². The summed E-state index contributed by atoms with van der Waals surface area (Å²) < 4.78 is 11.0. The van der Waals surface area contributed by atoms with Crippen molar-refractivity contribution in [1.29, 1.82) is 0 Å². The second-order valence-corrected chi connectivity index (χ2v) is 11.5. The highest BCUT2D eigenvalue weighted by atomic mass is 16.6. The van der Waals surface area contributed by atoms with Gasteiger partial charge in [-0.2, -0.15) is 0 Å². The molecule has 0 aromatic heterocycles. The van der Waals surface area contributed by atoms with Crippen LogP contribution in [0.1, 0.15) is 105 Å². The van der Waals surface area contributed by atoms with Crippen molar-refractivity contribution in [3.05, 3.63) is 28.8 Å². The van der Waals surface area contributed by atoms with Crippen molar-refractivity contribution >= 4 is 17.9 Å². The highest BCUT2D eigenvalue weighted by Crippen LogP contribution is 2.29. The number of hydrogen-bond acceptors (Lipinski definition) is 5. The third kappa shape index (κ3) is 7.87. The van der Waals surface area contributed by atoms with E-state index in [9.17, 15) is 14.4 Å². The Kier molecular flexibility index (Phi) is 9.25. The van der Waals surface area contributed by atoms with Gasteiger partial charge in [0.15, 0.2) is 0 Å². The first-order valence-electron chi connectivity index (χ1n) is 13.2. The van der Waals surface area contributed by atoms with Gasteiger partial charge in [0.05, 0.1) is 18.2 Å². The molecule has 0 spiro atoms. The van der Waals surface area contributed by atoms with Crippen LogP contribution in [0.5, 0.6) is 5.75 Å². The molecule has 0 heterocycles. The van der Waals surface area contributed by atoms with E-state index in [0.29, 0.717) is 29.2 Å². The van der Waals surface area contributed by atoms with E-state index in [1.54, 1.807) is 12.1 Å². The predicted octanol–water partition coefficient (Wildman–Crippen LogP) is 4.88. The molecule has 8 heteroatoms. The lowest BCUT2D eigenvalue weighted by atomic mass is 9.87. The number of rotatable bonds is 6. The monoisotopic (exact) mass is 501 g/mol. The van der Waals surface area contributed by atoms with E-state index in [4.69, 9.17) is 9.47 Å². The maximum atomic E-state index is 13.3. The number of alkyl carbamates (subject to hydrolysis) is 1. The van der Waals surface area contributed by atoms with E-state index >= 15 is 0 Å². The third-order valence-corrected chi connectivity index (χ3v) is 6.93. The Hall–Kier alpha value is -2.77. The zero-order valence-corrected chi connectivity index (χ0v) is 22.7. The molecule has 0 saturated heterocycles. The molecule has 0 bridgehead atoms. The molecule has 0 unspecified atom stereocenters. The minimum absolute atomic E-state index is 0.0717. The van der Waals surface area contributed by atoms with Crippen molar-refractivity contribution in [1.82, 2.24) is 16.0 Å². The molecule has 4 atom stereocenters. The van der Waals surface area contributed by atoms with Gasteiger partial charge in [-0.3, -0.25) is 9.59 Å². The Balaban J connectivity index is 1.68. The molecule has 2 aliphatic carbocycles. The second kappa shape index (κ2) is 12.0. The smallest absolute Gasteiger partial charge is 0.407 e. The van der Waals surface area contributed by atoms with Crippen LogP contribution in [0.15, 0.2) is 12.1 Å². The van der Waals surface area contributed by atoms with Crippen LogP contribution in [-0.2, 0) is 4.74 Å². The normalized spacial score (nSPS) is 24.4. The quantitative estimate of drug-likeness (QED) is 0.515. The summed E-state index contributed by atoms with van der Waals surface area (Å²) >= 11 is 0. The lowest BCUT2D eigenvalue weighted by molar-refractivity contribution is 0.0489. The number of hydrogen-bond donors (Lipinski definition) is 3. The summed E-state index contributed by atoms with van der Waals surface area (Å²) in [7, 11) is 1.49. The van der Waals surface area contributed by atoms with Crippen LogP contribution >= 0.6 is 0 Å². The molecule has 3 rings (SSSR count). The molecule has 8 nitrogen and oxygen atoms in total. The lowest BCUT2D eigenvalue weighted by Gasteiger charge is -2.31. The summed E-state index contributed by atoms with van der Waals surface area (Å²) in [4.78, 5) is 38.7. The molecule has 200 valence electrons. The van der Waals surface area contributed by atoms with Crippen LogP contribution in [0.25, 0.3) is 0 Å². The molecule has 2 aliphatic rings. The molecule has 3 amide bonds. The first kappa shape index (κ1) is 27.8. The second-order valence-electron chi connectivity index (χ2n) is 11.5. The van der Waals surface area contributed by atoms with Crippen LogP contribution in [0, 0.1) is 12.8 Å². The van der Waals surface area contributed by atoms with Gasteiger partial charge in [-0.05, 0) is 89.8 Å². The van der Waals surface area contributed by atoms with E-state index in [1.165, 1.54) is 13.5 Å². The van der Waals surface area contributed by atoms with Crippen molar-refractivity contribution in [3.8, 4) is 5.75 Å². The largest absolute Gasteiger partial charge is 0.495 e. The number of ether oxygens (including phenoxy) is 2. The topological polar surface area (TPSA) is 106 Å². The Morgan fingerprint density at radius 1 is 0.833 bits per heavy atom. The van der Waals surface area contributed by atoms with Crippen molar-refractivity contribution in [3.63, 3.8) is 0 Å². The van der Waals surface area contributed by atoms with Crippen molar-refractivity contribution < 1.29 is 23.9 Å². The van der Waals surface area contributed by atoms with Crippen LogP contribution < -0.4 is 20.7 Å². The molecule has 3 N–H and O–H groups in total. The minimum Gasteiger partial charge on any atom is -0.495 e. The highest BCUT2D eigenvalue weighted by molar-refractivity contribution is 6.04. The lowest BCUT2D eigenvalue weighted by Crippen LogP contribution is -2.47. The Morgan fingerprint density at radius 3 is 1.83 bits per heavy atom.